The molecule has 0 radical (unpaired) electrons. The number of hydrogen-bond donors (Lipinski definition) is 1. The van der Waals surface area contributed by atoms with Crippen molar-refractivity contribution < 1.29 is 14.7 Å². The lowest BCUT2D eigenvalue weighted by atomic mass is 9.90. The number of aliphatic carboxylic acids is 1. The van der Waals surface area contributed by atoms with Gasteiger partial charge in [0.05, 0.1) is 12.1 Å². The Morgan fingerprint density at radius 1 is 1.36 bits per heavy atom. The van der Waals surface area contributed by atoms with Crippen LogP contribution in [0.5, 0.6) is 0 Å². The molecular weight excluding hydrogens is 284 g/mol. The van der Waals surface area contributed by atoms with Crippen molar-refractivity contribution in [1.29, 1.82) is 0 Å². The Balaban J connectivity index is 1.91. The number of amides is 1. The van der Waals surface area contributed by atoms with Crippen molar-refractivity contribution in [2.45, 2.75) is 20.3 Å². The van der Waals surface area contributed by atoms with Gasteiger partial charge in [-0.05, 0) is 25.3 Å². The fourth-order valence-electron chi connectivity index (χ4n) is 2.98. The van der Waals surface area contributed by atoms with Crippen molar-refractivity contribution >= 4 is 17.5 Å². The molecule has 0 spiro atoms. The maximum atomic E-state index is 12.7. The molecule has 2 aromatic rings. The summed E-state index contributed by atoms with van der Waals surface area (Å²) in [6.45, 7) is 4.62. The normalized spacial score (nSPS) is 22.0. The Bertz CT molecular complexity index is 739. The van der Waals surface area contributed by atoms with Gasteiger partial charge in [0.1, 0.15) is 5.56 Å². The Labute approximate surface area is 127 Å². The molecule has 1 saturated heterocycles. The lowest BCUT2D eigenvalue weighted by Crippen LogP contribution is -2.45. The highest BCUT2D eigenvalue weighted by Gasteiger charge is 2.33. The highest BCUT2D eigenvalue weighted by molar-refractivity contribution is 5.99. The zero-order chi connectivity index (χ0) is 15.9. The molecule has 0 bridgehead atoms. The van der Waals surface area contributed by atoms with Gasteiger partial charge in [0.2, 0.25) is 0 Å². The number of fused-ring (bicyclic) bond motifs is 1. The molecule has 116 valence electrons. The number of aromatic nitrogens is 3. The minimum Gasteiger partial charge on any atom is -0.481 e. The summed E-state index contributed by atoms with van der Waals surface area (Å²) in [4.78, 5) is 30.0. The zero-order valence-corrected chi connectivity index (χ0v) is 12.6. The Kier molecular flexibility index (Phi) is 3.56. The van der Waals surface area contributed by atoms with E-state index < -0.39 is 11.9 Å². The molecule has 2 atom stereocenters. The average Bonchev–Trinajstić information content (AvgIpc) is 2.88. The molecule has 0 aliphatic carbocycles. The number of nitrogens with zero attached hydrogens (tertiary/aromatic N) is 4. The minimum absolute atomic E-state index is 0.162. The number of likely N-dealkylation sites (tertiary alicyclic amines) is 1. The van der Waals surface area contributed by atoms with Crippen molar-refractivity contribution in [3.63, 3.8) is 0 Å². The number of carboxylic acid groups (broad SMARTS) is 1. The number of aryl methyl sites for hydroxylation is 1. The SMILES string of the molecule is Cc1ccn2ncc(C(=O)N3CC(C)CC(C(=O)O)C3)c2n1. The van der Waals surface area contributed by atoms with Crippen molar-refractivity contribution in [3.8, 4) is 0 Å². The first kappa shape index (κ1) is 14.5. The molecule has 0 saturated carbocycles. The van der Waals surface area contributed by atoms with Crippen LogP contribution in [0.15, 0.2) is 18.5 Å². The lowest BCUT2D eigenvalue weighted by Gasteiger charge is -2.34. The van der Waals surface area contributed by atoms with Crippen molar-refractivity contribution in [3.05, 3.63) is 29.7 Å². The molecule has 1 N–H and O–H groups in total. The van der Waals surface area contributed by atoms with Crippen LogP contribution in [0.25, 0.3) is 5.65 Å². The van der Waals surface area contributed by atoms with Crippen LogP contribution in [0.2, 0.25) is 0 Å². The lowest BCUT2D eigenvalue weighted by molar-refractivity contribution is -0.143. The van der Waals surface area contributed by atoms with E-state index in [-0.39, 0.29) is 18.4 Å². The molecule has 3 rings (SSSR count). The molecule has 2 unspecified atom stereocenters. The van der Waals surface area contributed by atoms with Crippen molar-refractivity contribution in [2.75, 3.05) is 13.1 Å². The van der Waals surface area contributed by atoms with Gasteiger partial charge in [-0.25, -0.2) is 9.50 Å². The first-order chi connectivity index (χ1) is 10.5. The number of piperidine rings is 1. The van der Waals surface area contributed by atoms with E-state index in [4.69, 9.17) is 0 Å². The fourth-order valence-corrected chi connectivity index (χ4v) is 2.98. The number of carbonyl (C=O) groups is 2. The molecule has 7 nitrogen and oxygen atoms in total. The van der Waals surface area contributed by atoms with Crippen LogP contribution in [-0.2, 0) is 4.79 Å². The van der Waals surface area contributed by atoms with E-state index in [1.54, 1.807) is 15.6 Å². The van der Waals surface area contributed by atoms with E-state index >= 15 is 0 Å². The second kappa shape index (κ2) is 5.40. The van der Waals surface area contributed by atoms with Gasteiger partial charge in [0, 0.05) is 25.0 Å². The minimum atomic E-state index is -0.849. The van der Waals surface area contributed by atoms with Crippen LogP contribution in [-0.4, -0.2) is 49.6 Å². The van der Waals surface area contributed by atoms with Crippen LogP contribution in [0, 0.1) is 18.8 Å². The number of rotatable bonds is 2. The number of hydrogen-bond acceptors (Lipinski definition) is 4. The molecule has 22 heavy (non-hydrogen) atoms. The smallest absolute Gasteiger partial charge is 0.308 e. The van der Waals surface area contributed by atoms with Gasteiger partial charge in [-0.1, -0.05) is 6.92 Å². The largest absolute Gasteiger partial charge is 0.481 e. The molecular formula is C15H18N4O3. The Morgan fingerprint density at radius 3 is 2.86 bits per heavy atom. The summed E-state index contributed by atoms with van der Waals surface area (Å²) in [5.74, 6) is -1.40. The second-order valence-corrected chi connectivity index (χ2v) is 5.98. The van der Waals surface area contributed by atoms with Gasteiger partial charge in [0.15, 0.2) is 5.65 Å². The fraction of sp³-hybridized carbons (Fsp3) is 0.467. The standard InChI is InChI=1S/C15H18N4O3/c1-9-5-11(15(21)22)8-18(7-9)14(20)12-6-16-19-4-3-10(2)17-13(12)19/h3-4,6,9,11H,5,7-8H2,1-2H3,(H,21,22). The van der Waals surface area contributed by atoms with Gasteiger partial charge < -0.3 is 10.0 Å². The quantitative estimate of drug-likeness (QED) is 0.901. The first-order valence-corrected chi connectivity index (χ1v) is 7.28. The summed E-state index contributed by atoms with van der Waals surface area (Å²) in [7, 11) is 0. The van der Waals surface area contributed by atoms with Gasteiger partial charge in [0.25, 0.3) is 5.91 Å². The van der Waals surface area contributed by atoms with Gasteiger partial charge in [-0.2, -0.15) is 5.10 Å². The zero-order valence-electron chi connectivity index (χ0n) is 12.6. The van der Waals surface area contributed by atoms with Crippen LogP contribution in [0.3, 0.4) is 0 Å². The topological polar surface area (TPSA) is 87.8 Å². The Morgan fingerprint density at radius 2 is 2.14 bits per heavy atom. The highest BCUT2D eigenvalue weighted by Crippen LogP contribution is 2.24. The van der Waals surface area contributed by atoms with Crippen LogP contribution in [0.1, 0.15) is 29.4 Å². The van der Waals surface area contributed by atoms with Gasteiger partial charge in [-0.3, -0.25) is 9.59 Å². The molecule has 2 aromatic heterocycles. The summed E-state index contributed by atoms with van der Waals surface area (Å²) in [6.07, 6.45) is 3.86. The molecule has 0 aromatic carbocycles. The van der Waals surface area contributed by atoms with Crippen LogP contribution in [0.4, 0.5) is 0 Å². The van der Waals surface area contributed by atoms with E-state index in [9.17, 15) is 14.7 Å². The third-order valence-corrected chi connectivity index (χ3v) is 4.03. The summed E-state index contributed by atoms with van der Waals surface area (Å²) < 4.78 is 1.56. The number of carboxylic acids is 1. The predicted octanol–water partition coefficient (Wildman–Crippen LogP) is 1.22. The van der Waals surface area contributed by atoms with E-state index in [0.29, 0.717) is 24.2 Å². The van der Waals surface area contributed by atoms with E-state index in [0.717, 1.165) is 5.69 Å². The summed E-state index contributed by atoms with van der Waals surface area (Å²) >= 11 is 0. The summed E-state index contributed by atoms with van der Waals surface area (Å²) in [5.41, 5.74) is 1.73. The van der Waals surface area contributed by atoms with Crippen LogP contribution >= 0.6 is 0 Å². The molecule has 7 heteroatoms. The van der Waals surface area contributed by atoms with Gasteiger partial charge in [-0.15, -0.1) is 0 Å². The average molecular weight is 302 g/mol. The van der Waals surface area contributed by atoms with Crippen molar-refractivity contribution in [1.82, 2.24) is 19.5 Å². The van der Waals surface area contributed by atoms with E-state index in [1.165, 1.54) is 6.20 Å². The monoisotopic (exact) mass is 302 g/mol. The second-order valence-electron chi connectivity index (χ2n) is 5.98. The van der Waals surface area contributed by atoms with Crippen molar-refractivity contribution in [2.24, 2.45) is 11.8 Å². The number of carbonyl (C=O) groups excluding carboxylic acids is 1. The summed E-state index contributed by atoms with van der Waals surface area (Å²) in [6, 6.07) is 1.82. The highest BCUT2D eigenvalue weighted by atomic mass is 16.4. The van der Waals surface area contributed by atoms with E-state index in [2.05, 4.69) is 10.1 Å². The van der Waals surface area contributed by atoms with E-state index in [1.807, 2.05) is 19.9 Å². The van der Waals surface area contributed by atoms with Gasteiger partial charge >= 0.3 is 5.97 Å². The maximum absolute atomic E-state index is 12.7. The molecule has 3 heterocycles. The first-order valence-electron chi connectivity index (χ1n) is 7.28. The molecule has 1 amide bonds. The molecule has 1 aliphatic heterocycles. The summed E-state index contributed by atoms with van der Waals surface area (Å²) in [5, 5.41) is 13.4. The Hall–Kier alpha value is -2.44. The molecule has 1 aliphatic rings. The van der Waals surface area contributed by atoms with Crippen LogP contribution < -0.4 is 0 Å². The third kappa shape index (κ3) is 2.54. The third-order valence-electron chi connectivity index (χ3n) is 4.03. The predicted molar refractivity (Wildman–Crippen MR) is 78.5 cm³/mol. The molecule has 1 fully saturated rings. The maximum Gasteiger partial charge on any atom is 0.308 e.